The minimum absolute atomic E-state index is 0.0862. The number of hydrogen-bond acceptors (Lipinski definition) is 6. The van der Waals surface area contributed by atoms with Gasteiger partial charge in [-0.3, -0.25) is 14.4 Å². The van der Waals surface area contributed by atoms with Crippen LogP contribution in [0.5, 0.6) is 0 Å². The Kier molecular flexibility index (Phi) is 49.9. The van der Waals surface area contributed by atoms with E-state index in [1.165, 1.54) is 135 Å². The van der Waals surface area contributed by atoms with Gasteiger partial charge < -0.3 is 14.2 Å². The SMILES string of the molecule is CCC\C=C/C=C\C=C/C=C\C=C/CCCCCCCC(=O)OC(COC(=O)CCCCCCCCC/C=C\CCCCCCCCCC)COC(=O)CCCCCCCCCCC. The lowest BCUT2D eigenvalue weighted by molar-refractivity contribution is -0.167. The lowest BCUT2D eigenvalue weighted by Crippen LogP contribution is -2.30. The third-order valence-electron chi connectivity index (χ3n) is 11.5. The molecule has 0 rings (SSSR count). The summed E-state index contributed by atoms with van der Waals surface area (Å²) in [5, 5.41) is 0. The zero-order valence-corrected chi connectivity index (χ0v) is 42.0. The summed E-state index contributed by atoms with van der Waals surface area (Å²) in [6, 6.07) is 0. The fourth-order valence-electron chi connectivity index (χ4n) is 7.47. The summed E-state index contributed by atoms with van der Waals surface area (Å²) in [6.07, 6.45) is 66.0. The summed E-state index contributed by atoms with van der Waals surface area (Å²) in [7, 11) is 0. The molecule has 0 N–H and O–H groups in total. The van der Waals surface area contributed by atoms with Crippen LogP contribution >= 0.6 is 0 Å². The number of ether oxygens (including phenoxy) is 3. The molecule has 0 aromatic rings. The highest BCUT2D eigenvalue weighted by atomic mass is 16.6. The Labute approximate surface area is 395 Å². The second-order valence-corrected chi connectivity index (χ2v) is 17.9. The summed E-state index contributed by atoms with van der Waals surface area (Å²) < 4.78 is 16.8. The van der Waals surface area contributed by atoms with Crippen LogP contribution < -0.4 is 0 Å². The number of carbonyl (C=O) groups is 3. The molecule has 0 spiro atoms. The van der Waals surface area contributed by atoms with Crippen molar-refractivity contribution in [1.82, 2.24) is 0 Å². The minimum atomic E-state index is -0.788. The van der Waals surface area contributed by atoms with Crippen molar-refractivity contribution in [2.75, 3.05) is 13.2 Å². The van der Waals surface area contributed by atoms with Crippen molar-refractivity contribution < 1.29 is 28.6 Å². The van der Waals surface area contributed by atoms with Crippen LogP contribution in [-0.4, -0.2) is 37.2 Å². The molecule has 6 heteroatoms. The molecule has 1 unspecified atom stereocenters. The highest BCUT2D eigenvalue weighted by Crippen LogP contribution is 2.15. The molecule has 0 radical (unpaired) electrons. The van der Waals surface area contributed by atoms with Gasteiger partial charge in [-0.15, -0.1) is 0 Å². The summed E-state index contributed by atoms with van der Waals surface area (Å²) in [6.45, 7) is 6.51. The Morgan fingerprint density at radius 3 is 0.984 bits per heavy atom. The molecule has 0 heterocycles. The van der Waals surface area contributed by atoms with Gasteiger partial charge in [0.05, 0.1) is 0 Å². The maximum absolute atomic E-state index is 12.8. The van der Waals surface area contributed by atoms with Gasteiger partial charge in [-0.1, -0.05) is 248 Å². The van der Waals surface area contributed by atoms with Gasteiger partial charge in [0.2, 0.25) is 0 Å². The fraction of sp³-hybridized carbons (Fsp3) is 0.741. The second-order valence-electron chi connectivity index (χ2n) is 17.9. The zero-order valence-electron chi connectivity index (χ0n) is 42.0. The Bertz CT molecular complexity index is 1210. The van der Waals surface area contributed by atoms with Crippen molar-refractivity contribution in [2.45, 2.75) is 264 Å². The Hall–Kier alpha value is -3.15. The van der Waals surface area contributed by atoms with E-state index in [9.17, 15) is 14.4 Å². The van der Waals surface area contributed by atoms with E-state index in [0.717, 1.165) is 83.5 Å². The first-order valence-corrected chi connectivity index (χ1v) is 27.0. The normalized spacial score (nSPS) is 12.6. The molecule has 0 saturated heterocycles. The number of rotatable bonds is 48. The number of hydrogen-bond donors (Lipinski definition) is 0. The molecule has 0 saturated carbocycles. The predicted octanol–water partition coefficient (Wildman–Crippen LogP) is 17.8. The van der Waals surface area contributed by atoms with Crippen LogP contribution in [0.2, 0.25) is 0 Å². The number of allylic oxidation sites excluding steroid dienone is 12. The van der Waals surface area contributed by atoms with E-state index in [1.807, 2.05) is 24.3 Å². The van der Waals surface area contributed by atoms with Crippen LogP contribution in [0.1, 0.15) is 258 Å². The van der Waals surface area contributed by atoms with Crippen LogP contribution in [0, 0.1) is 0 Å². The summed E-state index contributed by atoms with van der Waals surface area (Å²) in [5.41, 5.74) is 0. The predicted molar refractivity (Wildman–Crippen MR) is 274 cm³/mol. The third kappa shape index (κ3) is 49.9. The van der Waals surface area contributed by atoms with E-state index in [-0.39, 0.29) is 31.1 Å². The van der Waals surface area contributed by atoms with Crippen molar-refractivity contribution in [3.63, 3.8) is 0 Å². The average molecular weight is 893 g/mol. The van der Waals surface area contributed by atoms with Crippen LogP contribution in [0.4, 0.5) is 0 Å². The summed E-state index contributed by atoms with van der Waals surface area (Å²) in [4.78, 5) is 38.0. The fourth-order valence-corrected chi connectivity index (χ4v) is 7.47. The van der Waals surface area contributed by atoms with Gasteiger partial charge in [-0.25, -0.2) is 0 Å². The molecule has 0 fully saturated rings. The van der Waals surface area contributed by atoms with E-state index in [0.29, 0.717) is 19.3 Å². The molecule has 64 heavy (non-hydrogen) atoms. The van der Waals surface area contributed by atoms with Crippen molar-refractivity contribution in [1.29, 1.82) is 0 Å². The molecule has 1 atom stereocenters. The molecule has 0 aliphatic heterocycles. The second kappa shape index (κ2) is 52.5. The molecule has 0 aliphatic carbocycles. The highest BCUT2D eigenvalue weighted by molar-refractivity contribution is 5.71. The lowest BCUT2D eigenvalue weighted by atomic mass is 10.1. The van der Waals surface area contributed by atoms with Gasteiger partial charge >= 0.3 is 17.9 Å². The maximum atomic E-state index is 12.8. The molecule has 0 bridgehead atoms. The number of carbonyl (C=O) groups excluding carboxylic acids is 3. The van der Waals surface area contributed by atoms with Gasteiger partial charge in [0.1, 0.15) is 13.2 Å². The van der Waals surface area contributed by atoms with Gasteiger partial charge in [-0.05, 0) is 64.2 Å². The summed E-state index contributed by atoms with van der Waals surface area (Å²) >= 11 is 0. The van der Waals surface area contributed by atoms with E-state index < -0.39 is 6.10 Å². The number of unbranched alkanes of at least 4 members (excludes halogenated alkanes) is 29. The lowest BCUT2D eigenvalue weighted by Gasteiger charge is -2.18. The monoisotopic (exact) mass is 893 g/mol. The molecule has 0 amide bonds. The largest absolute Gasteiger partial charge is 0.462 e. The van der Waals surface area contributed by atoms with Crippen LogP contribution in [0.3, 0.4) is 0 Å². The van der Waals surface area contributed by atoms with Gasteiger partial charge in [0.15, 0.2) is 6.10 Å². The van der Waals surface area contributed by atoms with E-state index in [1.54, 1.807) is 0 Å². The number of esters is 3. The maximum Gasteiger partial charge on any atom is 0.306 e. The molecular weight excluding hydrogens is 793 g/mol. The topological polar surface area (TPSA) is 78.9 Å². The van der Waals surface area contributed by atoms with Crippen molar-refractivity contribution in [3.05, 3.63) is 72.9 Å². The first-order chi connectivity index (χ1) is 31.5. The Morgan fingerprint density at radius 2 is 0.609 bits per heavy atom. The Morgan fingerprint density at radius 1 is 0.312 bits per heavy atom. The van der Waals surface area contributed by atoms with Gasteiger partial charge in [0, 0.05) is 19.3 Å². The standard InChI is InChI=1S/C58H100O6/c1-4-7-10-13-16-19-21-23-25-27-29-31-32-34-36-39-42-45-48-51-57(60)63-54-55(53-62-56(59)50-47-44-41-38-18-15-12-9-6-3)64-58(61)52-49-46-43-40-37-35-33-30-28-26-24-22-20-17-14-11-8-5-2/h11,14,17,20,22,24,26-30,33,55H,4-10,12-13,15-16,18-19,21,23,25,31-32,34-54H2,1-3H3/b14-11-,20-17-,24-22-,28-26-,29-27-,33-30-. The molecule has 6 nitrogen and oxygen atoms in total. The molecule has 368 valence electrons. The van der Waals surface area contributed by atoms with Gasteiger partial charge in [0.25, 0.3) is 0 Å². The summed E-state index contributed by atoms with van der Waals surface area (Å²) in [5.74, 6) is -0.914. The molecule has 0 aliphatic rings. The van der Waals surface area contributed by atoms with Crippen LogP contribution in [0.15, 0.2) is 72.9 Å². The van der Waals surface area contributed by atoms with Crippen LogP contribution in [-0.2, 0) is 28.6 Å². The van der Waals surface area contributed by atoms with E-state index in [2.05, 4.69) is 69.4 Å². The Balaban J connectivity index is 4.36. The molecule has 0 aromatic carbocycles. The minimum Gasteiger partial charge on any atom is -0.462 e. The first-order valence-electron chi connectivity index (χ1n) is 27.0. The van der Waals surface area contributed by atoms with E-state index >= 15 is 0 Å². The smallest absolute Gasteiger partial charge is 0.306 e. The highest BCUT2D eigenvalue weighted by Gasteiger charge is 2.19. The van der Waals surface area contributed by atoms with Crippen LogP contribution in [0.25, 0.3) is 0 Å². The first kappa shape index (κ1) is 60.9. The van der Waals surface area contributed by atoms with Crippen molar-refractivity contribution in [2.24, 2.45) is 0 Å². The molecule has 0 aromatic heterocycles. The van der Waals surface area contributed by atoms with Crippen molar-refractivity contribution in [3.8, 4) is 0 Å². The molecular formula is C58H100O6. The third-order valence-corrected chi connectivity index (χ3v) is 11.5. The van der Waals surface area contributed by atoms with Crippen molar-refractivity contribution >= 4 is 17.9 Å². The quantitative estimate of drug-likeness (QED) is 0.0199. The average Bonchev–Trinajstić information content (AvgIpc) is 3.29. The zero-order chi connectivity index (χ0) is 46.5. The van der Waals surface area contributed by atoms with Gasteiger partial charge in [-0.2, -0.15) is 0 Å². The van der Waals surface area contributed by atoms with E-state index in [4.69, 9.17) is 14.2 Å².